The number of methoxy groups -OCH3 is 1. The number of rotatable bonds is 5. The van der Waals surface area contributed by atoms with E-state index in [0.717, 1.165) is 48.9 Å². The lowest BCUT2D eigenvalue weighted by Crippen LogP contribution is -2.62. The summed E-state index contributed by atoms with van der Waals surface area (Å²) in [6.45, 7) is 5.02. The fraction of sp³-hybridized carbons (Fsp3) is 0.462. The van der Waals surface area contributed by atoms with Crippen molar-refractivity contribution in [1.29, 1.82) is 0 Å². The molecule has 31 heavy (non-hydrogen) atoms. The Morgan fingerprint density at radius 2 is 1.87 bits per heavy atom. The van der Waals surface area contributed by atoms with Crippen molar-refractivity contribution in [3.05, 3.63) is 64.7 Å². The minimum atomic E-state index is -0.509. The molecule has 1 heterocycles. The fourth-order valence-corrected chi connectivity index (χ4v) is 5.51. The molecule has 4 rings (SSSR count). The van der Waals surface area contributed by atoms with Crippen LogP contribution in [0.3, 0.4) is 0 Å². The summed E-state index contributed by atoms with van der Waals surface area (Å²) in [7, 11) is 1.65. The summed E-state index contributed by atoms with van der Waals surface area (Å²) < 4.78 is 5.34. The van der Waals surface area contributed by atoms with Crippen LogP contribution in [-0.2, 0) is 9.53 Å². The molecule has 1 spiro atoms. The van der Waals surface area contributed by atoms with Crippen LogP contribution >= 0.6 is 0 Å². The van der Waals surface area contributed by atoms with Crippen LogP contribution in [0.2, 0.25) is 0 Å². The summed E-state index contributed by atoms with van der Waals surface area (Å²) >= 11 is 0. The van der Waals surface area contributed by atoms with Gasteiger partial charge in [0.1, 0.15) is 0 Å². The van der Waals surface area contributed by atoms with E-state index < -0.39 is 11.5 Å². The maximum absolute atomic E-state index is 13.9. The molecule has 1 atom stereocenters. The number of aryl methyl sites for hydroxylation is 2. The van der Waals surface area contributed by atoms with E-state index in [1.807, 2.05) is 55.1 Å². The molecule has 5 nitrogen and oxygen atoms in total. The van der Waals surface area contributed by atoms with Crippen molar-refractivity contribution in [2.24, 2.45) is 0 Å². The van der Waals surface area contributed by atoms with Crippen molar-refractivity contribution in [3.8, 4) is 0 Å². The molecule has 5 heteroatoms. The molecule has 0 radical (unpaired) electrons. The molecule has 1 aliphatic carbocycles. The Morgan fingerprint density at radius 3 is 2.58 bits per heavy atom. The number of hydrogen-bond donors (Lipinski definition) is 1. The summed E-state index contributed by atoms with van der Waals surface area (Å²) in [4.78, 5) is 29.4. The number of nitrogens with zero attached hydrogens (tertiary/aromatic N) is 1. The van der Waals surface area contributed by atoms with Gasteiger partial charge in [0.2, 0.25) is 5.91 Å². The largest absolute Gasteiger partial charge is 0.383 e. The van der Waals surface area contributed by atoms with Crippen LogP contribution < -0.4 is 5.32 Å². The van der Waals surface area contributed by atoms with Crippen LogP contribution in [0.15, 0.2) is 42.5 Å². The van der Waals surface area contributed by atoms with E-state index in [0.29, 0.717) is 18.7 Å². The first-order valence-corrected chi connectivity index (χ1v) is 11.3. The minimum absolute atomic E-state index is 0.0186. The smallest absolute Gasteiger partial charge is 0.254 e. The normalized spacial score (nSPS) is 19.9. The molecule has 2 amide bonds. The first-order valence-electron chi connectivity index (χ1n) is 11.3. The Labute approximate surface area is 184 Å². The SMILES string of the molecule is COCCN1C(=O)c2ccccc2[C@H](C(=O)Nc2ccc(C)cc2C)C12CCCCC2. The van der Waals surface area contributed by atoms with Gasteiger partial charge in [0.15, 0.2) is 0 Å². The highest BCUT2D eigenvalue weighted by atomic mass is 16.5. The second-order valence-corrected chi connectivity index (χ2v) is 8.94. The van der Waals surface area contributed by atoms with E-state index in [4.69, 9.17) is 4.74 Å². The summed E-state index contributed by atoms with van der Waals surface area (Å²) in [5.74, 6) is -0.416. The molecule has 1 aliphatic heterocycles. The molecular formula is C26H32N2O3. The summed E-state index contributed by atoms with van der Waals surface area (Å²) in [6, 6.07) is 13.7. The van der Waals surface area contributed by atoms with Gasteiger partial charge >= 0.3 is 0 Å². The molecule has 1 N–H and O–H groups in total. The predicted molar refractivity (Wildman–Crippen MR) is 122 cm³/mol. The number of ether oxygens (including phenoxy) is 1. The maximum Gasteiger partial charge on any atom is 0.254 e. The average Bonchev–Trinajstić information content (AvgIpc) is 2.76. The summed E-state index contributed by atoms with van der Waals surface area (Å²) in [5.41, 5.74) is 4.02. The fourth-order valence-electron chi connectivity index (χ4n) is 5.51. The van der Waals surface area contributed by atoms with Crippen LogP contribution in [0, 0.1) is 13.8 Å². The number of nitrogens with one attached hydrogen (secondary N) is 1. The molecule has 1 fully saturated rings. The van der Waals surface area contributed by atoms with E-state index in [-0.39, 0.29) is 11.8 Å². The van der Waals surface area contributed by atoms with Gasteiger partial charge in [-0.1, -0.05) is 55.2 Å². The highest BCUT2D eigenvalue weighted by molar-refractivity contribution is 6.05. The quantitative estimate of drug-likeness (QED) is 0.754. The summed E-state index contributed by atoms with van der Waals surface area (Å²) in [5, 5.41) is 3.20. The van der Waals surface area contributed by atoms with Gasteiger partial charge < -0.3 is 15.0 Å². The van der Waals surface area contributed by atoms with Gasteiger partial charge in [0, 0.05) is 24.9 Å². The number of carbonyl (C=O) groups is 2. The molecule has 164 valence electrons. The molecule has 0 saturated heterocycles. The Kier molecular flexibility index (Phi) is 6.15. The highest BCUT2D eigenvalue weighted by Gasteiger charge is 2.54. The van der Waals surface area contributed by atoms with Crippen LogP contribution in [-0.4, -0.2) is 42.5 Å². The Bertz CT molecular complexity index is 978. The number of fused-ring (bicyclic) bond motifs is 1. The van der Waals surface area contributed by atoms with Crippen LogP contribution in [0.5, 0.6) is 0 Å². The van der Waals surface area contributed by atoms with E-state index >= 15 is 0 Å². The minimum Gasteiger partial charge on any atom is -0.383 e. The topological polar surface area (TPSA) is 58.6 Å². The van der Waals surface area contributed by atoms with Crippen molar-refractivity contribution >= 4 is 17.5 Å². The first-order chi connectivity index (χ1) is 15.0. The summed E-state index contributed by atoms with van der Waals surface area (Å²) in [6.07, 6.45) is 4.85. The van der Waals surface area contributed by atoms with Crippen molar-refractivity contribution in [1.82, 2.24) is 4.90 Å². The monoisotopic (exact) mass is 420 g/mol. The second-order valence-electron chi connectivity index (χ2n) is 8.94. The molecular weight excluding hydrogens is 388 g/mol. The van der Waals surface area contributed by atoms with Gasteiger partial charge in [-0.15, -0.1) is 0 Å². The highest BCUT2D eigenvalue weighted by Crippen LogP contribution is 2.49. The number of hydrogen-bond acceptors (Lipinski definition) is 3. The van der Waals surface area contributed by atoms with E-state index in [2.05, 4.69) is 11.4 Å². The molecule has 0 unspecified atom stereocenters. The number of anilines is 1. The van der Waals surface area contributed by atoms with Gasteiger partial charge in [-0.3, -0.25) is 9.59 Å². The number of amides is 2. The van der Waals surface area contributed by atoms with Crippen LogP contribution in [0.4, 0.5) is 5.69 Å². The zero-order valence-electron chi connectivity index (χ0n) is 18.7. The molecule has 2 aliphatic rings. The standard InChI is InChI=1S/C26H32N2O3/c1-18-11-12-22(19(2)17-18)27-24(29)23-20-9-5-6-10-21(20)25(30)28(15-16-31-3)26(23)13-7-4-8-14-26/h5-6,9-12,17,23H,4,7-8,13-16H2,1-3H3,(H,27,29)/t23-/m1/s1. The third-order valence-corrected chi connectivity index (χ3v) is 6.96. The van der Waals surface area contributed by atoms with Gasteiger partial charge in [-0.25, -0.2) is 0 Å². The first kappa shape index (κ1) is 21.6. The Hall–Kier alpha value is -2.66. The van der Waals surface area contributed by atoms with Gasteiger partial charge in [0.25, 0.3) is 5.91 Å². The van der Waals surface area contributed by atoms with E-state index in [1.165, 1.54) is 5.56 Å². The van der Waals surface area contributed by atoms with E-state index in [1.54, 1.807) is 7.11 Å². The molecule has 2 aromatic rings. The van der Waals surface area contributed by atoms with Gasteiger partial charge in [-0.05, 0) is 49.9 Å². The van der Waals surface area contributed by atoms with Crippen molar-refractivity contribution in [3.63, 3.8) is 0 Å². The third kappa shape index (κ3) is 3.87. The lowest BCUT2D eigenvalue weighted by Gasteiger charge is -2.53. The third-order valence-electron chi connectivity index (χ3n) is 6.96. The lowest BCUT2D eigenvalue weighted by atomic mass is 9.65. The molecule has 2 aromatic carbocycles. The van der Waals surface area contributed by atoms with Gasteiger partial charge in [-0.2, -0.15) is 0 Å². The van der Waals surface area contributed by atoms with Crippen LogP contribution in [0.25, 0.3) is 0 Å². The van der Waals surface area contributed by atoms with Crippen molar-refractivity contribution in [2.45, 2.75) is 57.4 Å². The van der Waals surface area contributed by atoms with Gasteiger partial charge in [0.05, 0.1) is 18.1 Å². The number of benzene rings is 2. The van der Waals surface area contributed by atoms with Crippen molar-refractivity contribution in [2.75, 3.05) is 25.6 Å². The zero-order chi connectivity index (χ0) is 22.0. The maximum atomic E-state index is 13.9. The van der Waals surface area contributed by atoms with Crippen LogP contribution in [0.1, 0.15) is 65.1 Å². The average molecular weight is 421 g/mol. The Morgan fingerprint density at radius 1 is 1.13 bits per heavy atom. The molecule has 0 aromatic heterocycles. The number of carbonyl (C=O) groups excluding carboxylic acids is 2. The van der Waals surface area contributed by atoms with Crippen molar-refractivity contribution < 1.29 is 14.3 Å². The second kappa shape index (κ2) is 8.83. The molecule has 1 saturated carbocycles. The zero-order valence-corrected chi connectivity index (χ0v) is 18.7. The molecule has 0 bridgehead atoms. The lowest BCUT2D eigenvalue weighted by molar-refractivity contribution is -0.122. The Balaban J connectivity index is 1.80. The predicted octanol–water partition coefficient (Wildman–Crippen LogP) is 4.83. The van der Waals surface area contributed by atoms with E-state index in [9.17, 15) is 9.59 Å².